The van der Waals surface area contributed by atoms with E-state index < -0.39 is 0 Å². The van der Waals surface area contributed by atoms with Crippen molar-refractivity contribution in [2.45, 2.75) is 0 Å². The highest BCUT2D eigenvalue weighted by molar-refractivity contribution is 6.14. The predicted molar refractivity (Wildman–Crippen MR) is 463 cm³/mol. The lowest BCUT2D eigenvalue weighted by Gasteiger charge is -2.13. The Labute approximate surface area is 645 Å². The fourth-order valence-corrected chi connectivity index (χ4v) is 16.6. The summed E-state index contributed by atoms with van der Waals surface area (Å²) in [7, 11) is 0. The van der Waals surface area contributed by atoms with Crippen molar-refractivity contribution in [1.82, 2.24) is 43.2 Å². The van der Waals surface area contributed by atoms with Gasteiger partial charge in [-0.1, -0.05) is 206 Å². The second-order valence-corrected chi connectivity index (χ2v) is 28.4. The molecule has 9 heterocycles. The normalized spacial score (nSPS) is 11.6. The summed E-state index contributed by atoms with van der Waals surface area (Å²) in [6.45, 7) is 0. The number of hydrogen-bond acceptors (Lipinski definition) is 5. The van der Waals surface area contributed by atoms with Crippen molar-refractivity contribution in [1.29, 1.82) is 0 Å². The van der Waals surface area contributed by atoms with E-state index in [2.05, 4.69) is 368 Å². The van der Waals surface area contributed by atoms with Crippen LogP contribution in [-0.2, 0) is 0 Å². The molecule has 0 saturated carbocycles. The molecule has 0 aliphatic rings. The molecular formula is C103H67N9. The zero-order chi connectivity index (χ0) is 74.0. The van der Waals surface area contributed by atoms with E-state index in [1.807, 2.05) is 67.3 Å². The summed E-state index contributed by atoms with van der Waals surface area (Å²) < 4.78 is 9.42. The molecule has 9 heteroatoms. The van der Waals surface area contributed by atoms with Crippen molar-refractivity contribution >= 4 is 87.5 Å². The number of aromatic nitrogens is 9. The Morgan fingerprint density at radius 2 is 0.500 bits per heavy atom. The quantitative estimate of drug-likeness (QED) is 0.122. The van der Waals surface area contributed by atoms with E-state index in [4.69, 9.17) is 15.0 Å². The van der Waals surface area contributed by atoms with Crippen molar-refractivity contribution in [2.75, 3.05) is 0 Å². The first-order chi connectivity index (χ1) is 55.5. The van der Waals surface area contributed by atoms with Gasteiger partial charge in [0.25, 0.3) is 0 Å². The summed E-state index contributed by atoms with van der Waals surface area (Å²) in [6.07, 6.45) is 7.46. The standard InChI is InChI=1S/C52H34N4.C51H33N5/c1-4-14-35(15-5-1)40-32-46(36-16-6-2-7-17-36)54-47(33-40)39-18-12-21-42(30-39)56-49-28-26-37(31-45(49)52-50(56)24-13-29-53-52)38-25-27-44-43-22-10-11-23-48(43)55(51(44)34-38)41-19-8-3-9-20-41;1-2-13-40(14-3-1)55-47-19-5-4-16-42(47)43-23-21-36(33-50(43)55)35-22-24-48-44(32-35)51-49(20-11-27-54-51)56(48)41-15-10-12-34(31-41)37-28-38(45-17-6-8-25-52-45)30-39(29-37)46-18-7-9-26-53-46/h1-34H;1-33H. The first kappa shape index (κ1) is 65.1. The predicted octanol–water partition coefficient (Wildman–Crippen LogP) is 26.1. The number of para-hydroxylation sites is 4. The van der Waals surface area contributed by atoms with Gasteiger partial charge in [0.1, 0.15) is 0 Å². The molecule has 9 aromatic heterocycles. The van der Waals surface area contributed by atoms with Gasteiger partial charge in [-0.05, 0) is 220 Å². The molecule has 22 aromatic rings. The van der Waals surface area contributed by atoms with Crippen LogP contribution in [0.5, 0.6) is 0 Å². The Morgan fingerprint density at radius 1 is 0.152 bits per heavy atom. The van der Waals surface area contributed by atoms with Gasteiger partial charge < -0.3 is 18.3 Å². The van der Waals surface area contributed by atoms with Crippen LogP contribution in [0.4, 0.5) is 0 Å². The van der Waals surface area contributed by atoms with Gasteiger partial charge in [0.15, 0.2) is 0 Å². The number of rotatable bonds is 12. The summed E-state index contributed by atoms with van der Waals surface area (Å²) >= 11 is 0. The van der Waals surface area contributed by atoms with Gasteiger partial charge in [0.2, 0.25) is 0 Å². The average Bonchev–Trinajstić information content (AvgIpc) is 1.59. The van der Waals surface area contributed by atoms with Gasteiger partial charge >= 0.3 is 0 Å². The van der Waals surface area contributed by atoms with Crippen LogP contribution in [-0.4, -0.2) is 43.2 Å². The molecule has 0 fully saturated rings. The monoisotopic (exact) mass is 1430 g/mol. The zero-order valence-corrected chi connectivity index (χ0v) is 60.7. The maximum absolute atomic E-state index is 5.23. The van der Waals surface area contributed by atoms with E-state index in [1.165, 1.54) is 43.6 Å². The maximum atomic E-state index is 5.23. The largest absolute Gasteiger partial charge is 0.309 e. The van der Waals surface area contributed by atoms with Crippen LogP contribution in [0, 0.1) is 0 Å². The lowest BCUT2D eigenvalue weighted by atomic mass is 9.96. The molecule has 0 unspecified atom stereocenters. The van der Waals surface area contributed by atoms with Crippen molar-refractivity contribution in [3.05, 3.63) is 407 Å². The van der Waals surface area contributed by atoms with E-state index in [9.17, 15) is 0 Å². The maximum Gasteiger partial charge on any atom is 0.0963 e. The Hall–Kier alpha value is -15.2. The average molecular weight is 1430 g/mol. The van der Waals surface area contributed by atoms with Crippen LogP contribution in [0.15, 0.2) is 407 Å². The van der Waals surface area contributed by atoms with Crippen molar-refractivity contribution in [3.8, 4) is 112 Å². The molecule has 0 bridgehead atoms. The first-order valence-corrected chi connectivity index (χ1v) is 37.8. The summed E-state index contributed by atoms with van der Waals surface area (Å²) in [5, 5.41) is 7.21. The molecule has 0 atom stereocenters. The molecule has 9 nitrogen and oxygen atoms in total. The number of hydrogen-bond donors (Lipinski definition) is 0. The lowest BCUT2D eigenvalue weighted by molar-refractivity contribution is 1.17. The highest BCUT2D eigenvalue weighted by Crippen LogP contribution is 2.43. The topological polar surface area (TPSA) is 84.2 Å². The number of nitrogens with zero attached hydrogens (tertiary/aromatic N) is 9. The summed E-state index contributed by atoms with van der Waals surface area (Å²) in [5.74, 6) is 0. The third-order valence-corrected chi connectivity index (χ3v) is 21.8. The fourth-order valence-electron chi connectivity index (χ4n) is 16.6. The van der Waals surface area contributed by atoms with Crippen LogP contribution < -0.4 is 0 Å². The Bertz CT molecular complexity index is 6790. The van der Waals surface area contributed by atoms with Gasteiger partial charge in [-0.2, -0.15) is 0 Å². The van der Waals surface area contributed by atoms with Gasteiger partial charge in [-0.25, -0.2) is 4.98 Å². The van der Waals surface area contributed by atoms with E-state index in [-0.39, 0.29) is 0 Å². The SMILES string of the molecule is c1ccc(-c2cc(-c3ccccc3)nc(-c3cccc(-n4c5ccc(-c6ccc7c8ccccc8n(-c8ccccc8)c7c6)cc5c5ncccc54)c3)c2)cc1.c1ccc(-n2c3ccccc3c3ccc(-c4ccc5c(c4)c4ncccc4n5-c4cccc(-c5cc(-c6ccccn6)cc(-c6ccccn6)c5)c4)cc32)cc1. The number of benzene rings is 13. The lowest BCUT2D eigenvalue weighted by Crippen LogP contribution is -1.96. The van der Waals surface area contributed by atoms with Gasteiger partial charge in [0, 0.05) is 102 Å². The molecule has 0 amide bonds. The van der Waals surface area contributed by atoms with E-state index in [0.717, 1.165) is 156 Å². The fraction of sp³-hybridized carbons (Fsp3) is 0. The number of fused-ring (bicyclic) bond motifs is 12. The molecule has 13 aromatic carbocycles. The minimum Gasteiger partial charge on any atom is -0.309 e. The molecule has 0 aliphatic heterocycles. The molecule has 112 heavy (non-hydrogen) atoms. The smallest absolute Gasteiger partial charge is 0.0963 e. The van der Waals surface area contributed by atoms with Crippen LogP contribution in [0.2, 0.25) is 0 Å². The van der Waals surface area contributed by atoms with Crippen LogP contribution in [0.3, 0.4) is 0 Å². The number of pyridine rings is 5. The van der Waals surface area contributed by atoms with E-state index >= 15 is 0 Å². The Kier molecular flexibility index (Phi) is 16.0. The summed E-state index contributed by atoms with van der Waals surface area (Å²) in [6, 6.07) is 136. The summed E-state index contributed by atoms with van der Waals surface area (Å²) in [4.78, 5) is 24.5. The van der Waals surface area contributed by atoms with E-state index in [0.29, 0.717) is 0 Å². The second kappa shape index (κ2) is 27.5. The highest BCUT2D eigenvalue weighted by Gasteiger charge is 2.22. The van der Waals surface area contributed by atoms with Crippen LogP contribution in [0.25, 0.3) is 200 Å². The molecule has 0 spiro atoms. The molecule has 0 aliphatic carbocycles. The highest BCUT2D eigenvalue weighted by atomic mass is 15.0. The third-order valence-electron chi connectivity index (χ3n) is 21.8. The Morgan fingerprint density at radius 3 is 1.01 bits per heavy atom. The zero-order valence-electron chi connectivity index (χ0n) is 60.7. The third kappa shape index (κ3) is 11.5. The molecule has 0 saturated heterocycles. The van der Waals surface area contributed by atoms with Crippen LogP contribution in [0.1, 0.15) is 0 Å². The van der Waals surface area contributed by atoms with E-state index in [1.54, 1.807) is 0 Å². The Balaban J connectivity index is 0.000000141. The first-order valence-electron chi connectivity index (χ1n) is 37.8. The van der Waals surface area contributed by atoms with Crippen LogP contribution >= 0.6 is 0 Å². The van der Waals surface area contributed by atoms with Crippen molar-refractivity contribution in [3.63, 3.8) is 0 Å². The molecule has 22 rings (SSSR count). The second-order valence-electron chi connectivity index (χ2n) is 28.4. The minimum atomic E-state index is 0.924. The van der Waals surface area contributed by atoms with Gasteiger partial charge in [0.05, 0.1) is 77.9 Å². The molecule has 524 valence electrons. The van der Waals surface area contributed by atoms with Gasteiger partial charge in [-0.3, -0.25) is 19.9 Å². The van der Waals surface area contributed by atoms with Gasteiger partial charge in [-0.15, -0.1) is 0 Å². The van der Waals surface area contributed by atoms with Crippen molar-refractivity contribution in [2.24, 2.45) is 0 Å². The minimum absolute atomic E-state index is 0.924. The van der Waals surface area contributed by atoms with Crippen molar-refractivity contribution < 1.29 is 0 Å². The molecule has 0 radical (unpaired) electrons. The molecule has 0 N–H and O–H groups in total. The summed E-state index contributed by atoms with van der Waals surface area (Å²) in [5.41, 5.74) is 32.6. The molecular weight excluding hydrogens is 1360 g/mol.